The summed E-state index contributed by atoms with van der Waals surface area (Å²) >= 11 is 0. The zero-order valence-corrected chi connectivity index (χ0v) is 13.0. The Morgan fingerprint density at radius 1 is 1.26 bits per heavy atom. The molecule has 19 heavy (non-hydrogen) atoms. The molecule has 5 nitrogen and oxygen atoms in total. The molecular weight excluding hydrogens is 262 g/mol. The molecule has 0 heterocycles. The van der Waals surface area contributed by atoms with Crippen molar-refractivity contribution in [2.45, 2.75) is 58.4 Å². The molecule has 1 N–H and O–H groups in total. The monoisotopic (exact) mass is 287 g/mol. The molecule has 0 spiro atoms. The summed E-state index contributed by atoms with van der Waals surface area (Å²) in [6.45, 7) is 6.59. The predicted molar refractivity (Wildman–Crippen MR) is 75.6 cm³/mol. The highest BCUT2D eigenvalue weighted by Crippen LogP contribution is 2.34. The van der Waals surface area contributed by atoms with Gasteiger partial charge in [0.15, 0.2) is 0 Å². The Morgan fingerprint density at radius 3 is 2.16 bits per heavy atom. The molecule has 0 bridgehead atoms. The van der Waals surface area contributed by atoms with E-state index in [0.29, 0.717) is 31.8 Å². The molecule has 110 valence electrons. The zero-order valence-electron chi connectivity index (χ0n) is 12.1. The summed E-state index contributed by atoms with van der Waals surface area (Å²) in [5, 5.41) is 9.40. The summed E-state index contributed by atoms with van der Waals surface area (Å²) in [5.74, 6) is 0.624. The van der Waals surface area contributed by atoms with Crippen molar-refractivity contribution in [2.75, 3.05) is 13.1 Å². The maximum atomic E-state index is 12.2. The largest absolute Gasteiger partial charge is 0.280 e. The Labute approximate surface area is 117 Å². The second-order valence-electron chi connectivity index (χ2n) is 5.24. The molecule has 1 aliphatic carbocycles. The van der Waals surface area contributed by atoms with Crippen LogP contribution in [0.15, 0.2) is 0 Å². The van der Waals surface area contributed by atoms with E-state index >= 15 is 0 Å². The lowest BCUT2D eigenvalue weighted by Gasteiger charge is -2.36. The zero-order chi connectivity index (χ0) is 14.5. The van der Waals surface area contributed by atoms with Gasteiger partial charge in [-0.2, -0.15) is 22.7 Å². The van der Waals surface area contributed by atoms with Gasteiger partial charge < -0.3 is 0 Å². The Bertz CT molecular complexity index is 416. The Morgan fingerprint density at radius 2 is 1.79 bits per heavy atom. The van der Waals surface area contributed by atoms with E-state index < -0.39 is 15.7 Å². The summed E-state index contributed by atoms with van der Waals surface area (Å²) in [7, 11) is -3.56. The van der Waals surface area contributed by atoms with Gasteiger partial charge in [-0.3, -0.25) is 0 Å². The molecule has 0 atom stereocenters. The molecule has 0 aromatic rings. The highest BCUT2D eigenvalue weighted by Gasteiger charge is 2.39. The van der Waals surface area contributed by atoms with E-state index in [-0.39, 0.29) is 0 Å². The van der Waals surface area contributed by atoms with E-state index in [0.717, 1.165) is 19.3 Å². The first-order chi connectivity index (χ1) is 8.93. The molecular formula is C13H25N3O2S. The molecule has 0 radical (unpaired) electrons. The standard InChI is InChI=1S/C13H25N3O2S/c1-4-12-7-9-13(11-14,10-8-12)15-19(17,18)16(5-2)6-3/h12,15H,4-10H2,1-3H3. The molecule has 0 aromatic heterocycles. The summed E-state index contributed by atoms with van der Waals surface area (Å²) in [6.07, 6.45) is 4.17. The van der Waals surface area contributed by atoms with Gasteiger partial charge in [-0.25, -0.2) is 0 Å². The van der Waals surface area contributed by atoms with Crippen molar-refractivity contribution in [1.82, 2.24) is 9.03 Å². The van der Waals surface area contributed by atoms with Crippen molar-refractivity contribution in [3.05, 3.63) is 0 Å². The first-order valence-electron chi connectivity index (χ1n) is 7.13. The fourth-order valence-corrected chi connectivity index (χ4v) is 4.24. The van der Waals surface area contributed by atoms with Crippen LogP contribution in [0.4, 0.5) is 0 Å². The molecule has 1 fully saturated rings. The summed E-state index contributed by atoms with van der Waals surface area (Å²) < 4.78 is 28.5. The van der Waals surface area contributed by atoms with Crippen molar-refractivity contribution in [3.8, 4) is 6.07 Å². The molecule has 0 aromatic carbocycles. The van der Waals surface area contributed by atoms with Gasteiger partial charge in [0.1, 0.15) is 5.54 Å². The summed E-state index contributed by atoms with van der Waals surface area (Å²) in [5.41, 5.74) is -0.910. The van der Waals surface area contributed by atoms with Crippen molar-refractivity contribution in [3.63, 3.8) is 0 Å². The summed E-state index contributed by atoms with van der Waals surface area (Å²) in [4.78, 5) is 0. The van der Waals surface area contributed by atoms with Gasteiger partial charge in [0.2, 0.25) is 0 Å². The van der Waals surface area contributed by atoms with E-state index in [4.69, 9.17) is 0 Å². The first kappa shape index (κ1) is 16.4. The summed E-state index contributed by atoms with van der Waals surface area (Å²) in [6, 6.07) is 2.20. The van der Waals surface area contributed by atoms with Crippen LogP contribution in [-0.4, -0.2) is 31.4 Å². The lowest BCUT2D eigenvalue weighted by Crippen LogP contribution is -2.54. The van der Waals surface area contributed by atoms with E-state index in [2.05, 4.69) is 17.7 Å². The van der Waals surface area contributed by atoms with Gasteiger partial charge in [0.25, 0.3) is 10.2 Å². The number of nitrogens with one attached hydrogen (secondary N) is 1. The van der Waals surface area contributed by atoms with Crippen LogP contribution in [-0.2, 0) is 10.2 Å². The minimum absolute atomic E-state index is 0.422. The van der Waals surface area contributed by atoms with Crippen molar-refractivity contribution >= 4 is 10.2 Å². The second kappa shape index (κ2) is 6.69. The van der Waals surface area contributed by atoms with Crippen LogP contribution in [0.5, 0.6) is 0 Å². The highest BCUT2D eigenvalue weighted by atomic mass is 32.2. The quantitative estimate of drug-likeness (QED) is 0.812. The van der Waals surface area contributed by atoms with Crippen LogP contribution in [0.2, 0.25) is 0 Å². The third-order valence-corrected chi connectivity index (χ3v) is 5.96. The topological polar surface area (TPSA) is 73.2 Å². The van der Waals surface area contributed by atoms with Crippen LogP contribution in [0.3, 0.4) is 0 Å². The Balaban J connectivity index is 2.81. The van der Waals surface area contributed by atoms with Gasteiger partial charge in [-0.05, 0) is 31.6 Å². The van der Waals surface area contributed by atoms with E-state index in [9.17, 15) is 13.7 Å². The number of hydrogen-bond donors (Lipinski definition) is 1. The average molecular weight is 287 g/mol. The highest BCUT2D eigenvalue weighted by molar-refractivity contribution is 7.87. The molecule has 0 amide bonds. The third kappa shape index (κ3) is 3.91. The number of nitrogens with zero attached hydrogens (tertiary/aromatic N) is 2. The van der Waals surface area contributed by atoms with Crippen LogP contribution in [0, 0.1) is 17.2 Å². The molecule has 1 rings (SSSR count). The fraction of sp³-hybridized carbons (Fsp3) is 0.923. The predicted octanol–water partition coefficient (Wildman–Crippen LogP) is 2.03. The van der Waals surface area contributed by atoms with Gasteiger partial charge in [-0.1, -0.05) is 27.2 Å². The maximum Gasteiger partial charge on any atom is 0.280 e. The van der Waals surface area contributed by atoms with Gasteiger partial charge >= 0.3 is 0 Å². The molecule has 6 heteroatoms. The minimum atomic E-state index is -3.56. The van der Waals surface area contributed by atoms with Gasteiger partial charge in [-0.15, -0.1) is 0 Å². The average Bonchev–Trinajstić information content (AvgIpc) is 2.40. The smallest absolute Gasteiger partial charge is 0.196 e. The lowest BCUT2D eigenvalue weighted by atomic mass is 9.77. The van der Waals surface area contributed by atoms with E-state index in [1.54, 1.807) is 13.8 Å². The van der Waals surface area contributed by atoms with Crippen LogP contribution < -0.4 is 4.72 Å². The first-order valence-corrected chi connectivity index (χ1v) is 8.57. The van der Waals surface area contributed by atoms with E-state index in [1.807, 2.05) is 0 Å². The number of rotatable bonds is 6. The molecule has 1 saturated carbocycles. The third-order valence-electron chi connectivity index (χ3n) is 4.12. The van der Waals surface area contributed by atoms with Gasteiger partial charge in [0, 0.05) is 13.1 Å². The molecule has 0 saturated heterocycles. The lowest BCUT2D eigenvalue weighted by molar-refractivity contribution is 0.254. The number of hydrogen-bond acceptors (Lipinski definition) is 3. The minimum Gasteiger partial charge on any atom is -0.196 e. The SMILES string of the molecule is CCC1CCC(C#N)(NS(=O)(=O)N(CC)CC)CC1. The van der Waals surface area contributed by atoms with Crippen LogP contribution in [0.1, 0.15) is 52.9 Å². The maximum absolute atomic E-state index is 12.2. The Hall–Kier alpha value is -0.640. The second-order valence-corrected chi connectivity index (χ2v) is 6.91. The van der Waals surface area contributed by atoms with Crippen molar-refractivity contribution in [1.29, 1.82) is 5.26 Å². The Kier molecular flexibility index (Phi) is 5.78. The number of nitriles is 1. The van der Waals surface area contributed by atoms with Crippen molar-refractivity contribution < 1.29 is 8.42 Å². The molecule has 0 unspecified atom stereocenters. The van der Waals surface area contributed by atoms with Crippen LogP contribution >= 0.6 is 0 Å². The molecule has 0 aliphatic heterocycles. The fourth-order valence-electron chi connectivity index (χ4n) is 2.69. The van der Waals surface area contributed by atoms with Crippen LogP contribution in [0.25, 0.3) is 0 Å². The normalized spacial score (nSPS) is 28.3. The van der Waals surface area contributed by atoms with Crippen molar-refractivity contribution in [2.24, 2.45) is 5.92 Å². The van der Waals surface area contributed by atoms with Gasteiger partial charge in [0.05, 0.1) is 6.07 Å². The molecule has 1 aliphatic rings. The van der Waals surface area contributed by atoms with E-state index in [1.165, 1.54) is 4.31 Å².